The molecule has 5 nitrogen and oxygen atoms in total. The van der Waals surface area contributed by atoms with Crippen LogP contribution in [0.3, 0.4) is 0 Å². The van der Waals surface area contributed by atoms with Gasteiger partial charge in [-0.05, 0) is 39.8 Å². The standard InChI is InChI=1S/C13H15BrN4OS/c1-19-5-4-15-6-10-7-17-13(18-8-10)20-12-3-2-11(14)9-16-12/h2-3,7-9,15H,4-6H2,1H3. The Hall–Kier alpha value is -1.02. The largest absolute Gasteiger partial charge is 0.383 e. The van der Waals surface area contributed by atoms with Gasteiger partial charge in [0.2, 0.25) is 0 Å². The zero-order valence-electron chi connectivity index (χ0n) is 11.0. The van der Waals surface area contributed by atoms with Gasteiger partial charge < -0.3 is 10.1 Å². The molecule has 0 atom stereocenters. The fourth-order valence-corrected chi connectivity index (χ4v) is 2.28. The quantitative estimate of drug-likeness (QED) is 0.608. The highest BCUT2D eigenvalue weighted by Gasteiger charge is 2.02. The van der Waals surface area contributed by atoms with Crippen LogP contribution in [0.15, 0.2) is 45.4 Å². The number of pyridine rings is 1. The number of methoxy groups -OCH3 is 1. The van der Waals surface area contributed by atoms with Crippen molar-refractivity contribution in [3.63, 3.8) is 0 Å². The predicted octanol–water partition coefficient (Wildman–Crippen LogP) is 2.52. The van der Waals surface area contributed by atoms with Gasteiger partial charge in [-0.2, -0.15) is 0 Å². The van der Waals surface area contributed by atoms with Crippen LogP contribution in [0.5, 0.6) is 0 Å². The number of aromatic nitrogens is 3. The summed E-state index contributed by atoms with van der Waals surface area (Å²) in [5.41, 5.74) is 1.05. The van der Waals surface area contributed by atoms with E-state index in [0.717, 1.165) is 28.2 Å². The second-order valence-electron chi connectivity index (χ2n) is 3.96. The lowest BCUT2D eigenvalue weighted by Gasteiger charge is -2.04. The fraction of sp³-hybridized carbons (Fsp3) is 0.308. The molecule has 0 aliphatic carbocycles. The molecule has 1 N–H and O–H groups in total. The highest BCUT2D eigenvalue weighted by atomic mass is 79.9. The minimum absolute atomic E-state index is 0.695. The highest BCUT2D eigenvalue weighted by molar-refractivity contribution is 9.10. The Bertz CT molecular complexity index is 521. The summed E-state index contributed by atoms with van der Waals surface area (Å²) < 4.78 is 5.92. The molecular weight excluding hydrogens is 340 g/mol. The van der Waals surface area contributed by atoms with Crippen molar-refractivity contribution in [1.82, 2.24) is 20.3 Å². The third-order valence-electron chi connectivity index (χ3n) is 2.39. The first-order chi connectivity index (χ1) is 9.78. The molecule has 0 aliphatic heterocycles. The second-order valence-corrected chi connectivity index (χ2v) is 5.86. The maximum absolute atomic E-state index is 4.97. The number of nitrogens with zero attached hydrogens (tertiary/aromatic N) is 3. The monoisotopic (exact) mass is 354 g/mol. The van der Waals surface area contributed by atoms with Gasteiger partial charge in [-0.15, -0.1) is 0 Å². The summed E-state index contributed by atoms with van der Waals surface area (Å²) in [4.78, 5) is 12.9. The molecule has 0 radical (unpaired) electrons. The minimum atomic E-state index is 0.695. The van der Waals surface area contributed by atoms with Crippen molar-refractivity contribution in [3.05, 3.63) is 40.8 Å². The Morgan fingerprint density at radius 3 is 2.65 bits per heavy atom. The van der Waals surface area contributed by atoms with E-state index >= 15 is 0 Å². The molecule has 2 rings (SSSR count). The molecule has 0 bridgehead atoms. The van der Waals surface area contributed by atoms with Gasteiger partial charge in [0.25, 0.3) is 0 Å². The van der Waals surface area contributed by atoms with Gasteiger partial charge in [-0.3, -0.25) is 0 Å². The molecular formula is C13H15BrN4OS. The molecule has 0 aromatic carbocycles. The van der Waals surface area contributed by atoms with Crippen molar-refractivity contribution in [2.45, 2.75) is 16.7 Å². The van der Waals surface area contributed by atoms with Crippen LogP contribution in [0, 0.1) is 0 Å². The summed E-state index contributed by atoms with van der Waals surface area (Å²) in [7, 11) is 1.69. The average molecular weight is 355 g/mol. The van der Waals surface area contributed by atoms with Crippen molar-refractivity contribution >= 4 is 27.7 Å². The Morgan fingerprint density at radius 1 is 1.20 bits per heavy atom. The topological polar surface area (TPSA) is 59.9 Å². The van der Waals surface area contributed by atoms with Gasteiger partial charge in [0.05, 0.1) is 6.61 Å². The summed E-state index contributed by atoms with van der Waals surface area (Å²) in [6.07, 6.45) is 5.42. The van der Waals surface area contributed by atoms with Crippen LogP contribution in [-0.2, 0) is 11.3 Å². The van der Waals surface area contributed by atoms with Gasteiger partial charge in [0.1, 0.15) is 5.03 Å². The van der Waals surface area contributed by atoms with E-state index in [0.29, 0.717) is 11.8 Å². The van der Waals surface area contributed by atoms with E-state index in [9.17, 15) is 0 Å². The van der Waals surface area contributed by atoms with E-state index in [4.69, 9.17) is 4.74 Å². The molecule has 0 saturated carbocycles. The van der Waals surface area contributed by atoms with Crippen LogP contribution in [0.1, 0.15) is 5.56 Å². The molecule has 2 aromatic heterocycles. The first-order valence-electron chi connectivity index (χ1n) is 6.08. The third kappa shape index (κ3) is 5.16. The normalized spacial score (nSPS) is 10.7. The van der Waals surface area contributed by atoms with Crippen LogP contribution in [0.2, 0.25) is 0 Å². The van der Waals surface area contributed by atoms with Crippen molar-refractivity contribution in [2.75, 3.05) is 20.3 Å². The van der Waals surface area contributed by atoms with Crippen molar-refractivity contribution in [1.29, 1.82) is 0 Å². The summed E-state index contributed by atoms with van der Waals surface area (Å²) in [6, 6.07) is 3.88. The number of halogens is 1. The molecule has 2 aromatic rings. The average Bonchev–Trinajstić information content (AvgIpc) is 2.48. The first-order valence-corrected chi connectivity index (χ1v) is 7.69. The fourth-order valence-electron chi connectivity index (χ4n) is 1.41. The van der Waals surface area contributed by atoms with E-state index in [-0.39, 0.29) is 0 Å². The highest BCUT2D eigenvalue weighted by Crippen LogP contribution is 2.23. The molecule has 0 saturated heterocycles. The predicted molar refractivity (Wildman–Crippen MR) is 81.7 cm³/mol. The van der Waals surface area contributed by atoms with Gasteiger partial charge in [0.15, 0.2) is 5.16 Å². The second kappa shape index (κ2) is 8.31. The van der Waals surface area contributed by atoms with Crippen LogP contribution in [0.25, 0.3) is 0 Å². The van der Waals surface area contributed by atoms with Crippen molar-refractivity contribution < 1.29 is 4.74 Å². The maximum Gasteiger partial charge on any atom is 0.193 e. The van der Waals surface area contributed by atoms with Gasteiger partial charge in [-0.1, -0.05) is 0 Å². The Balaban J connectivity index is 1.86. The third-order valence-corrected chi connectivity index (χ3v) is 3.70. The molecule has 0 aliphatic rings. The van der Waals surface area contributed by atoms with Crippen LogP contribution >= 0.6 is 27.7 Å². The summed E-state index contributed by atoms with van der Waals surface area (Å²) in [5, 5.41) is 4.82. The molecule has 2 heterocycles. The molecule has 7 heteroatoms. The van der Waals surface area contributed by atoms with Crippen LogP contribution < -0.4 is 5.32 Å². The summed E-state index contributed by atoms with van der Waals surface area (Å²) >= 11 is 4.80. The summed E-state index contributed by atoms with van der Waals surface area (Å²) in [5.74, 6) is 0. The molecule has 20 heavy (non-hydrogen) atoms. The Kier molecular flexibility index (Phi) is 6.38. The van der Waals surface area contributed by atoms with Gasteiger partial charge in [0, 0.05) is 48.8 Å². The van der Waals surface area contributed by atoms with Gasteiger partial charge >= 0.3 is 0 Å². The zero-order chi connectivity index (χ0) is 14.2. The zero-order valence-corrected chi connectivity index (χ0v) is 13.4. The number of ether oxygens (including phenoxy) is 1. The lowest BCUT2D eigenvalue weighted by atomic mass is 10.3. The van der Waals surface area contributed by atoms with Crippen LogP contribution in [-0.4, -0.2) is 35.2 Å². The van der Waals surface area contributed by atoms with Gasteiger partial charge in [-0.25, -0.2) is 15.0 Å². The minimum Gasteiger partial charge on any atom is -0.383 e. The Morgan fingerprint density at radius 2 is 2.00 bits per heavy atom. The van der Waals surface area contributed by atoms with E-state index in [2.05, 4.69) is 36.2 Å². The van der Waals surface area contributed by atoms with Crippen molar-refractivity contribution in [2.24, 2.45) is 0 Å². The molecule has 106 valence electrons. The maximum atomic E-state index is 4.97. The van der Waals surface area contributed by atoms with E-state index in [1.54, 1.807) is 13.3 Å². The van der Waals surface area contributed by atoms with E-state index in [1.807, 2.05) is 24.5 Å². The lowest BCUT2D eigenvalue weighted by Crippen LogP contribution is -2.18. The summed E-state index contributed by atoms with van der Waals surface area (Å²) in [6.45, 7) is 2.25. The molecule has 0 unspecified atom stereocenters. The number of hydrogen-bond donors (Lipinski definition) is 1. The number of nitrogens with one attached hydrogen (secondary N) is 1. The Labute approximate surface area is 130 Å². The van der Waals surface area contributed by atoms with Crippen molar-refractivity contribution in [3.8, 4) is 0 Å². The first kappa shape index (κ1) is 15.4. The molecule has 0 spiro atoms. The smallest absolute Gasteiger partial charge is 0.193 e. The van der Waals surface area contributed by atoms with Crippen LogP contribution in [0.4, 0.5) is 0 Å². The molecule has 0 fully saturated rings. The van der Waals surface area contributed by atoms with E-state index < -0.39 is 0 Å². The number of hydrogen-bond acceptors (Lipinski definition) is 6. The SMILES string of the molecule is COCCNCc1cnc(Sc2ccc(Br)cn2)nc1. The molecule has 0 amide bonds. The lowest BCUT2D eigenvalue weighted by molar-refractivity contribution is 0.199. The van der Waals surface area contributed by atoms with E-state index in [1.165, 1.54) is 11.8 Å². The number of rotatable bonds is 7.